The third kappa shape index (κ3) is 2.07. The molecule has 0 heterocycles. The Morgan fingerprint density at radius 3 is 2.21 bits per heavy atom. The minimum Gasteiger partial charge on any atom is -0.207 e. The van der Waals surface area contributed by atoms with Gasteiger partial charge < -0.3 is 0 Å². The fraction of sp³-hybridized carbons (Fsp3) is 0.250. The lowest BCUT2D eigenvalue weighted by Crippen LogP contribution is -2.19. The molecule has 0 saturated carbocycles. The van der Waals surface area contributed by atoms with Crippen LogP contribution in [0.15, 0.2) is 29.4 Å². The van der Waals surface area contributed by atoms with E-state index in [-0.39, 0.29) is 0 Å². The van der Waals surface area contributed by atoms with Gasteiger partial charge in [-0.25, -0.2) is 4.39 Å². The molecule has 0 aromatic heterocycles. The molecule has 0 aliphatic carbocycles. The maximum Gasteiger partial charge on any atom is 0.418 e. The molecule has 0 saturated heterocycles. The predicted octanol–water partition coefficient (Wildman–Crippen LogP) is 3.20. The minimum absolute atomic E-state index is 0.755. The van der Waals surface area contributed by atoms with E-state index < -0.39 is 23.6 Å². The summed E-state index contributed by atoms with van der Waals surface area (Å²) in [5.41, 5.74) is -0.755. The Hall–Kier alpha value is -1.46. The highest BCUT2D eigenvalue weighted by molar-refractivity contribution is 5.22. The van der Waals surface area contributed by atoms with Crippen molar-refractivity contribution in [2.45, 2.75) is 12.2 Å². The lowest BCUT2D eigenvalue weighted by molar-refractivity contribution is -0.149. The Bertz CT molecular complexity index is 336. The number of hydrogen-bond donors (Lipinski definition) is 0. The van der Waals surface area contributed by atoms with Gasteiger partial charge in [0.05, 0.1) is 0 Å². The first-order chi connectivity index (χ1) is 6.46. The van der Waals surface area contributed by atoms with Crippen LogP contribution in [-0.2, 0) is 0 Å². The van der Waals surface area contributed by atoms with Crippen LogP contribution in [0.3, 0.4) is 0 Å². The van der Waals surface area contributed by atoms with E-state index in [1.807, 2.05) is 5.18 Å². The highest BCUT2D eigenvalue weighted by Crippen LogP contribution is 2.36. The van der Waals surface area contributed by atoms with Crippen molar-refractivity contribution in [1.82, 2.24) is 0 Å². The summed E-state index contributed by atoms with van der Waals surface area (Å²) in [4.78, 5) is 9.97. The minimum atomic E-state index is -4.86. The van der Waals surface area contributed by atoms with Crippen LogP contribution in [0.4, 0.5) is 17.6 Å². The number of alkyl halides is 3. The number of benzene rings is 1. The van der Waals surface area contributed by atoms with E-state index in [9.17, 15) is 22.5 Å². The first-order valence-electron chi connectivity index (χ1n) is 3.60. The number of rotatable bonds is 2. The molecular formula is C8H5F4NO. The van der Waals surface area contributed by atoms with Gasteiger partial charge in [0.1, 0.15) is 5.82 Å². The van der Waals surface area contributed by atoms with Gasteiger partial charge in [-0.2, -0.15) is 13.2 Å². The van der Waals surface area contributed by atoms with Crippen LogP contribution in [0.25, 0.3) is 0 Å². The normalized spacial score (nSPS) is 13.7. The van der Waals surface area contributed by atoms with Gasteiger partial charge in [0.15, 0.2) is 0 Å². The van der Waals surface area contributed by atoms with Crippen molar-refractivity contribution in [1.29, 1.82) is 0 Å². The molecule has 0 N–H and O–H groups in total. The molecule has 1 atom stereocenters. The van der Waals surface area contributed by atoms with Crippen molar-refractivity contribution < 1.29 is 17.6 Å². The van der Waals surface area contributed by atoms with Crippen molar-refractivity contribution in [2.24, 2.45) is 5.18 Å². The van der Waals surface area contributed by atoms with Crippen molar-refractivity contribution >= 4 is 0 Å². The van der Waals surface area contributed by atoms with Gasteiger partial charge in [-0.1, -0.05) is 23.4 Å². The molecule has 0 amide bonds. The van der Waals surface area contributed by atoms with Gasteiger partial charge in [-0.3, -0.25) is 0 Å². The molecule has 1 aromatic rings. The average molecular weight is 207 g/mol. The second kappa shape index (κ2) is 3.73. The predicted molar refractivity (Wildman–Crippen MR) is 41.0 cm³/mol. The molecule has 76 valence electrons. The highest BCUT2D eigenvalue weighted by Gasteiger charge is 2.43. The zero-order valence-corrected chi connectivity index (χ0v) is 6.75. The second-order valence-electron chi connectivity index (χ2n) is 2.57. The molecule has 6 heteroatoms. The van der Waals surface area contributed by atoms with Gasteiger partial charge in [0.2, 0.25) is 6.04 Å². The van der Waals surface area contributed by atoms with Gasteiger partial charge in [-0.15, -0.1) is 4.91 Å². The van der Waals surface area contributed by atoms with Crippen LogP contribution in [0.1, 0.15) is 11.6 Å². The van der Waals surface area contributed by atoms with Gasteiger partial charge in [0.25, 0.3) is 0 Å². The molecule has 2 nitrogen and oxygen atoms in total. The molecule has 0 radical (unpaired) electrons. The highest BCUT2D eigenvalue weighted by atomic mass is 19.4. The van der Waals surface area contributed by atoms with Crippen molar-refractivity contribution in [2.75, 3.05) is 0 Å². The molecule has 14 heavy (non-hydrogen) atoms. The molecule has 0 spiro atoms. The third-order valence-corrected chi connectivity index (χ3v) is 1.62. The summed E-state index contributed by atoms with van der Waals surface area (Å²) in [6.45, 7) is 0. The zero-order valence-electron chi connectivity index (χ0n) is 6.75. The first-order valence-corrected chi connectivity index (χ1v) is 3.60. The maximum absolute atomic E-state index is 12.9. The summed E-state index contributed by atoms with van der Waals surface area (Å²) in [7, 11) is 0. The molecule has 1 rings (SSSR count). The molecule has 0 aliphatic heterocycles. The van der Waals surface area contributed by atoms with Gasteiger partial charge in [-0.05, 0) is 6.07 Å². The van der Waals surface area contributed by atoms with Crippen LogP contribution in [0.2, 0.25) is 0 Å². The Morgan fingerprint density at radius 1 is 1.21 bits per heavy atom. The Kier molecular flexibility index (Phi) is 2.83. The molecule has 0 fully saturated rings. The van der Waals surface area contributed by atoms with E-state index in [1.165, 1.54) is 12.1 Å². The monoisotopic (exact) mass is 207 g/mol. The van der Waals surface area contributed by atoms with E-state index in [0.29, 0.717) is 0 Å². The Morgan fingerprint density at radius 2 is 1.79 bits per heavy atom. The van der Waals surface area contributed by atoms with E-state index in [2.05, 4.69) is 0 Å². The van der Waals surface area contributed by atoms with Crippen molar-refractivity contribution in [3.8, 4) is 0 Å². The smallest absolute Gasteiger partial charge is 0.207 e. The quantitative estimate of drug-likeness (QED) is 0.540. The fourth-order valence-corrected chi connectivity index (χ4v) is 0.990. The van der Waals surface area contributed by atoms with Gasteiger partial charge in [0, 0.05) is 5.56 Å². The van der Waals surface area contributed by atoms with Crippen LogP contribution in [0, 0.1) is 10.7 Å². The number of nitrogens with zero attached hydrogens (tertiary/aromatic N) is 1. The molecule has 1 unspecified atom stereocenters. The summed E-state index contributed by atoms with van der Waals surface area (Å²) in [6, 6.07) is 1.54. The lowest BCUT2D eigenvalue weighted by Gasteiger charge is -2.13. The third-order valence-electron chi connectivity index (χ3n) is 1.62. The lowest BCUT2D eigenvalue weighted by atomic mass is 10.1. The Labute approximate surface area is 76.5 Å². The Balaban J connectivity index is 3.14. The van der Waals surface area contributed by atoms with E-state index in [4.69, 9.17) is 0 Å². The topological polar surface area (TPSA) is 29.4 Å². The van der Waals surface area contributed by atoms with Crippen LogP contribution in [-0.4, -0.2) is 6.18 Å². The van der Waals surface area contributed by atoms with Gasteiger partial charge >= 0.3 is 6.18 Å². The molecule has 1 aromatic carbocycles. The van der Waals surface area contributed by atoms with E-state index in [1.54, 1.807) is 0 Å². The summed E-state index contributed by atoms with van der Waals surface area (Å²) in [5, 5.41) is 1.88. The average Bonchev–Trinajstić information content (AvgIpc) is 2.07. The zero-order chi connectivity index (χ0) is 10.8. The van der Waals surface area contributed by atoms with Crippen molar-refractivity contribution in [3.63, 3.8) is 0 Å². The van der Waals surface area contributed by atoms with Crippen LogP contribution >= 0.6 is 0 Å². The summed E-state index contributed by atoms with van der Waals surface area (Å²) in [5.74, 6) is -1.09. The molecule has 0 bridgehead atoms. The van der Waals surface area contributed by atoms with E-state index >= 15 is 0 Å². The number of nitroso groups, excluding NO2 is 1. The van der Waals surface area contributed by atoms with E-state index in [0.717, 1.165) is 12.1 Å². The largest absolute Gasteiger partial charge is 0.418 e. The molecule has 0 aliphatic rings. The number of halogens is 4. The fourth-order valence-electron chi connectivity index (χ4n) is 0.990. The summed E-state index contributed by atoms with van der Waals surface area (Å²) >= 11 is 0. The van der Waals surface area contributed by atoms with Crippen LogP contribution in [0.5, 0.6) is 0 Å². The van der Waals surface area contributed by atoms with Crippen molar-refractivity contribution in [3.05, 3.63) is 40.6 Å². The SMILES string of the molecule is O=NC(c1ccccc1F)C(F)(F)F. The first kappa shape index (κ1) is 10.6. The number of hydrogen-bond acceptors (Lipinski definition) is 2. The standard InChI is InChI=1S/C8H5F4NO/c9-6-4-2-1-3-5(6)7(13-14)8(10,11)12/h1-4,7H. The van der Waals surface area contributed by atoms with Crippen LogP contribution < -0.4 is 0 Å². The summed E-state index contributed by atoms with van der Waals surface area (Å²) < 4.78 is 49.2. The summed E-state index contributed by atoms with van der Waals surface area (Å²) in [6.07, 6.45) is -4.86. The second-order valence-corrected chi connectivity index (χ2v) is 2.57. The molecular weight excluding hydrogens is 202 g/mol. The maximum atomic E-state index is 12.9.